The number of Topliss-reactive ketones (excluding diaryl/α,β-unsaturated/α-hetero) is 1. The fraction of sp³-hybridized carbons (Fsp3) is 0.882. The number of carbonyl (C=O) groups excluding carboxylic acids is 2. The summed E-state index contributed by atoms with van der Waals surface area (Å²) < 4.78 is 0. The highest BCUT2D eigenvalue weighted by atomic mass is 16.2. The van der Waals surface area contributed by atoms with E-state index in [1.165, 1.54) is 39.2 Å². The summed E-state index contributed by atoms with van der Waals surface area (Å²) in [5, 5.41) is 5.94. The molecular formula is C17H32N2O2. The Morgan fingerprint density at radius 3 is 2.24 bits per heavy atom. The van der Waals surface area contributed by atoms with E-state index in [4.69, 9.17) is 0 Å². The molecule has 0 aliphatic heterocycles. The van der Waals surface area contributed by atoms with Crippen molar-refractivity contribution in [2.45, 2.75) is 64.8 Å². The zero-order valence-corrected chi connectivity index (χ0v) is 14.1. The van der Waals surface area contributed by atoms with E-state index >= 15 is 0 Å². The second kappa shape index (κ2) is 9.19. The van der Waals surface area contributed by atoms with Gasteiger partial charge < -0.3 is 10.6 Å². The van der Waals surface area contributed by atoms with Gasteiger partial charge in [0.1, 0.15) is 0 Å². The van der Waals surface area contributed by atoms with Gasteiger partial charge in [0.25, 0.3) is 5.91 Å². The van der Waals surface area contributed by atoms with Gasteiger partial charge in [-0.1, -0.05) is 39.5 Å². The average molecular weight is 296 g/mol. The van der Waals surface area contributed by atoms with Crippen LogP contribution >= 0.6 is 0 Å². The van der Waals surface area contributed by atoms with Crippen LogP contribution < -0.4 is 10.6 Å². The van der Waals surface area contributed by atoms with E-state index < -0.39 is 5.91 Å². The summed E-state index contributed by atoms with van der Waals surface area (Å²) in [5.41, 5.74) is 0. The maximum absolute atomic E-state index is 12.3. The standard InChI is InChI=1S/C17H32N2O2/c1-5-9-14(12(2)16(20)17(21)19-4)15(18-3)13-10-7-6-8-11-13/h12-15,18H,5-11H2,1-4H3,(H,19,21). The molecule has 1 fully saturated rings. The second-order valence-corrected chi connectivity index (χ2v) is 6.40. The predicted molar refractivity (Wildman–Crippen MR) is 86.1 cm³/mol. The number of hydrogen-bond acceptors (Lipinski definition) is 3. The Labute approximate surface area is 129 Å². The smallest absolute Gasteiger partial charge is 0.287 e. The summed E-state index contributed by atoms with van der Waals surface area (Å²) in [4.78, 5) is 23.9. The number of ketones is 1. The second-order valence-electron chi connectivity index (χ2n) is 6.40. The van der Waals surface area contributed by atoms with Crippen molar-refractivity contribution in [1.29, 1.82) is 0 Å². The minimum absolute atomic E-state index is 0.218. The van der Waals surface area contributed by atoms with Gasteiger partial charge in [-0.15, -0.1) is 0 Å². The highest BCUT2D eigenvalue weighted by Crippen LogP contribution is 2.34. The molecule has 0 bridgehead atoms. The SMILES string of the molecule is CCCC(C(C)C(=O)C(=O)NC)C(NC)C1CCCCC1. The molecule has 0 radical (unpaired) electrons. The quantitative estimate of drug-likeness (QED) is 0.677. The Hall–Kier alpha value is -0.900. The minimum Gasteiger partial charge on any atom is -0.353 e. The maximum atomic E-state index is 12.3. The Bertz CT molecular complexity index is 338. The van der Waals surface area contributed by atoms with Gasteiger partial charge >= 0.3 is 0 Å². The molecule has 1 rings (SSSR count). The van der Waals surface area contributed by atoms with Gasteiger partial charge in [0, 0.05) is 19.0 Å². The van der Waals surface area contributed by atoms with E-state index in [1.54, 1.807) is 0 Å². The average Bonchev–Trinajstić information content (AvgIpc) is 2.53. The lowest BCUT2D eigenvalue weighted by atomic mass is 9.72. The molecule has 3 atom stereocenters. The molecule has 3 unspecified atom stereocenters. The van der Waals surface area contributed by atoms with E-state index in [1.807, 2.05) is 14.0 Å². The van der Waals surface area contributed by atoms with Gasteiger partial charge in [0.15, 0.2) is 0 Å². The number of likely N-dealkylation sites (N-methyl/N-ethyl adjacent to an activating group) is 1. The molecule has 1 aliphatic rings. The third-order valence-electron chi connectivity index (χ3n) is 5.08. The summed E-state index contributed by atoms with van der Waals surface area (Å²) >= 11 is 0. The molecule has 0 heterocycles. The lowest BCUT2D eigenvalue weighted by molar-refractivity contribution is -0.141. The number of carbonyl (C=O) groups is 2. The molecule has 1 aliphatic carbocycles. The van der Waals surface area contributed by atoms with E-state index in [0.717, 1.165) is 12.8 Å². The molecule has 21 heavy (non-hydrogen) atoms. The van der Waals surface area contributed by atoms with Crippen LogP contribution in [0.1, 0.15) is 58.8 Å². The monoisotopic (exact) mass is 296 g/mol. The first kappa shape index (κ1) is 18.1. The summed E-state index contributed by atoms with van der Waals surface area (Å²) in [6.45, 7) is 4.07. The molecule has 0 aromatic rings. The molecule has 0 aromatic heterocycles. The predicted octanol–water partition coefficient (Wildman–Crippen LogP) is 2.52. The van der Waals surface area contributed by atoms with Crippen LogP contribution in [0.15, 0.2) is 0 Å². The molecule has 4 nitrogen and oxygen atoms in total. The minimum atomic E-state index is -0.456. The molecule has 1 amide bonds. The van der Waals surface area contributed by atoms with Crippen molar-refractivity contribution in [2.75, 3.05) is 14.1 Å². The molecule has 0 saturated heterocycles. The van der Waals surface area contributed by atoms with Crippen LogP contribution in [0, 0.1) is 17.8 Å². The summed E-state index contributed by atoms with van der Waals surface area (Å²) in [5.74, 6) is -0.0634. The van der Waals surface area contributed by atoms with Crippen molar-refractivity contribution >= 4 is 11.7 Å². The van der Waals surface area contributed by atoms with Gasteiger partial charge in [-0.05, 0) is 38.1 Å². The Morgan fingerprint density at radius 2 is 1.76 bits per heavy atom. The Balaban J connectivity index is 2.85. The molecule has 2 N–H and O–H groups in total. The topological polar surface area (TPSA) is 58.2 Å². The first-order valence-electron chi connectivity index (χ1n) is 8.49. The number of nitrogens with one attached hydrogen (secondary N) is 2. The van der Waals surface area contributed by atoms with Crippen molar-refractivity contribution in [2.24, 2.45) is 17.8 Å². The molecule has 0 aromatic carbocycles. The fourth-order valence-corrected chi connectivity index (χ4v) is 3.89. The molecular weight excluding hydrogens is 264 g/mol. The molecule has 0 spiro atoms. The zero-order valence-electron chi connectivity index (χ0n) is 14.1. The van der Waals surface area contributed by atoms with Crippen LogP contribution in [-0.4, -0.2) is 31.8 Å². The highest BCUT2D eigenvalue weighted by molar-refractivity contribution is 6.36. The lowest BCUT2D eigenvalue weighted by Crippen LogP contribution is -2.47. The van der Waals surface area contributed by atoms with Crippen LogP contribution in [0.5, 0.6) is 0 Å². The van der Waals surface area contributed by atoms with E-state index in [9.17, 15) is 9.59 Å². The first-order valence-corrected chi connectivity index (χ1v) is 8.49. The van der Waals surface area contributed by atoms with Crippen molar-refractivity contribution < 1.29 is 9.59 Å². The maximum Gasteiger partial charge on any atom is 0.287 e. The lowest BCUT2D eigenvalue weighted by Gasteiger charge is -2.38. The molecule has 1 saturated carbocycles. The third kappa shape index (κ3) is 4.80. The number of rotatable bonds is 8. The van der Waals surface area contributed by atoms with E-state index in [2.05, 4.69) is 17.6 Å². The summed E-state index contributed by atoms with van der Waals surface area (Å²) in [6.07, 6.45) is 8.43. The fourth-order valence-electron chi connectivity index (χ4n) is 3.89. The van der Waals surface area contributed by atoms with Crippen LogP contribution in [0.4, 0.5) is 0 Å². The largest absolute Gasteiger partial charge is 0.353 e. The van der Waals surface area contributed by atoms with Crippen LogP contribution in [0.3, 0.4) is 0 Å². The van der Waals surface area contributed by atoms with Gasteiger partial charge in [-0.25, -0.2) is 0 Å². The van der Waals surface area contributed by atoms with Gasteiger partial charge in [-0.3, -0.25) is 9.59 Å². The van der Waals surface area contributed by atoms with E-state index in [-0.39, 0.29) is 17.6 Å². The zero-order chi connectivity index (χ0) is 15.8. The Morgan fingerprint density at radius 1 is 1.14 bits per heavy atom. The van der Waals surface area contributed by atoms with E-state index in [0.29, 0.717) is 12.0 Å². The van der Waals surface area contributed by atoms with Crippen LogP contribution in [0.25, 0.3) is 0 Å². The van der Waals surface area contributed by atoms with Crippen molar-refractivity contribution in [3.8, 4) is 0 Å². The molecule has 4 heteroatoms. The third-order valence-corrected chi connectivity index (χ3v) is 5.08. The summed E-state index contributed by atoms with van der Waals surface area (Å²) in [6, 6.07) is 0.342. The number of amides is 1. The highest BCUT2D eigenvalue weighted by Gasteiger charge is 2.36. The molecule has 122 valence electrons. The van der Waals surface area contributed by atoms with Crippen molar-refractivity contribution in [1.82, 2.24) is 10.6 Å². The van der Waals surface area contributed by atoms with Gasteiger partial charge in [0.2, 0.25) is 5.78 Å². The first-order chi connectivity index (χ1) is 10.1. The van der Waals surface area contributed by atoms with Crippen molar-refractivity contribution in [3.63, 3.8) is 0 Å². The number of hydrogen-bond donors (Lipinski definition) is 2. The summed E-state index contributed by atoms with van der Waals surface area (Å²) in [7, 11) is 3.53. The normalized spacial score (nSPS) is 20.6. The van der Waals surface area contributed by atoms with Gasteiger partial charge in [-0.2, -0.15) is 0 Å². The van der Waals surface area contributed by atoms with Gasteiger partial charge in [0.05, 0.1) is 0 Å². The van der Waals surface area contributed by atoms with Crippen molar-refractivity contribution in [3.05, 3.63) is 0 Å². The van der Waals surface area contributed by atoms with Crippen LogP contribution in [0.2, 0.25) is 0 Å². The van der Waals surface area contributed by atoms with Crippen LogP contribution in [-0.2, 0) is 9.59 Å². The Kier molecular flexibility index (Phi) is 7.94.